The second kappa shape index (κ2) is 15.5. The van der Waals surface area contributed by atoms with Crippen molar-refractivity contribution in [3.63, 3.8) is 0 Å². The van der Waals surface area contributed by atoms with Gasteiger partial charge in [0.1, 0.15) is 23.0 Å². The van der Waals surface area contributed by atoms with E-state index in [4.69, 9.17) is 28.9 Å². The molecule has 2 aliphatic rings. The molecule has 11 nitrogen and oxygen atoms in total. The third-order valence-corrected chi connectivity index (χ3v) is 10.5. The third kappa shape index (κ3) is 6.81. The highest BCUT2D eigenvalue weighted by molar-refractivity contribution is 6.02. The Hall–Kier alpha value is -8.01. The summed E-state index contributed by atoms with van der Waals surface area (Å²) in [5, 5.41) is 4.23. The number of methoxy groups -OCH3 is 4. The van der Waals surface area contributed by atoms with E-state index in [1.165, 1.54) is 0 Å². The van der Waals surface area contributed by atoms with E-state index in [0.29, 0.717) is 22.8 Å². The highest BCUT2D eigenvalue weighted by Gasteiger charge is 2.22. The van der Waals surface area contributed by atoms with Gasteiger partial charge in [0, 0.05) is 49.2 Å². The van der Waals surface area contributed by atoms with Crippen LogP contribution in [0.4, 0.5) is 0 Å². The minimum absolute atomic E-state index is 0.373. The van der Waals surface area contributed by atoms with Crippen molar-refractivity contribution >= 4 is 46.0 Å². The van der Waals surface area contributed by atoms with Gasteiger partial charge in [-0.05, 0) is 119 Å². The molecule has 0 spiro atoms. The Morgan fingerprint density at radius 3 is 1.14 bits per heavy atom. The SMILES string of the molecule is COc1ccc(-c2c3nc(c(-c4ccc(OC)cc4)c4ccc([nH]4)c(-c4ccc(OC)cc4)c4nc(c(-c5ccc(OC)cc5)c5ccc2[nH]5)C=C4N=[N+]=[N-])C=C3)cc1. The molecule has 11 heteroatoms. The van der Waals surface area contributed by atoms with Crippen LogP contribution in [0.3, 0.4) is 0 Å². The second-order valence-corrected chi connectivity index (χ2v) is 13.8. The summed E-state index contributed by atoms with van der Waals surface area (Å²) in [4.78, 5) is 21.4. The highest BCUT2D eigenvalue weighted by Crippen LogP contribution is 2.41. The van der Waals surface area contributed by atoms with E-state index in [-0.39, 0.29) is 0 Å². The fourth-order valence-corrected chi connectivity index (χ4v) is 7.63. The van der Waals surface area contributed by atoms with Crippen molar-refractivity contribution < 1.29 is 18.9 Å². The summed E-state index contributed by atoms with van der Waals surface area (Å²) in [6, 6.07) is 39.7. The first-order chi connectivity index (χ1) is 29.0. The first kappa shape index (κ1) is 36.6. The average Bonchev–Trinajstić information content (AvgIpc) is 4.13. The number of aromatic nitrogens is 4. The van der Waals surface area contributed by atoms with Gasteiger partial charge in [-0.2, -0.15) is 0 Å². The molecule has 2 aliphatic heterocycles. The van der Waals surface area contributed by atoms with E-state index in [9.17, 15) is 5.53 Å². The third-order valence-electron chi connectivity index (χ3n) is 10.5. The molecular weight excluding hydrogens is 739 g/mol. The lowest BCUT2D eigenvalue weighted by molar-refractivity contribution is 0.415. The van der Waals surface area contributed by atoms with Gasteiger partial charge in [0.25, 0.3) is 0 Å². The predicted molar refractivity (Wildman–Crippen MR) is 235 cm³/mol. The lowest BCUT2D eigenvalue weighted by Crippen LogP contribution is -1.91. The van der Waals surface area contributed by atoms with E-state index >= 15 is 0 Å². The number of H-pyrrole nitrogens is 2. The molecule has 9 rings (SSSR count). The number of rotatable bonds is 9. The predicted octanol–water partition coefficient (Wildman–Crippen LogP) is 12.0. The number of benzene rings is 4. The Bertz CT molecular complexity index is 3010. The summed E-state index contributed by atoms with van der Waals surface area (Å²) in [6.45, 7) is 0. The van der Waals surface area contributed by atoms with Crippen LogP contribution in [0, 0.1) is 0 Å². The fourth-order valence-electron chi connectivity index (χ4n) is 7.63. The number of nitrogens with zero attached hydrogens (tertiary/aromatic N) is 5. The van der Waals surface area contributed by atoms with Crippen LogP contribution >= 0.6 is 0 Å². The number of hydrogen-bond donors (Lipinski definition) is 2. The molecular formula is C48H37N7O4. The highest BCUT2D eigenvalue weighted by atomic mass is 16.5. The van der Waals surface area contributed by atoms with Crippen LogP contribution in [0.2, 0.25) is 0 Å². The van der Waals surface area contributed by atoms with Crippen LogP contribution in [0.1, 0.15) is 22.8 Å². The molecule has 0 fully saturated rings. The number of hydrogen-bond acceptors (Lipinski definition) is 7. The first-order valence-corrected chi connectivity index (χ1v) is 18.8. The van der Waals surface area contributed by atoms with Crippen LogP contribution in [0.25, 0.3) is 101 Å². The Morgan fingerprint density at radius 2 is 0.780 bits per heavy atom. The molecule has 4 aromatic carbocycles. The smallest absolute Gasteiger partial charge is 0.118 e. The van der Waals surface area contributed by atoms with Gasteiger partial charge in [0.05, 0.1) is 56.9 Å². The molecule has 59 heavy (non-hydrogen) atoms. The van der Waals surface area contributed by atoms with E-state index in [1.54, 1.807) is 28.4 Å². The molecule has 0 amide bonds. The number of aromatic amines is 2. The van der Waals surface area contributed by atoms with E-state index in [2.05, 4.69) is 32.1 Å². The topological polar surface area (TPSA) is 143 Å². The van der Waals surface area contributed by atoms with Crippen molar-refractivity contribution in [1.82, 2.24) is 19.9 Å². The average molecular weight is 776 g/mol. The number of ether oxygens (including phenoxy) is 4. The summed E-state index contributed by atoms with van der Waals surface area (Å²) >= 11 is 0. The molecule has 8 bridgehead atoms. The Kier molecular flexibility index (Phi) is 9.62. The zero-order valence-corrected chi connectivity index (χ0v) is 32.6. The molecule has 0 saturated carbocycles. The van der Waals surface area contributed by atoms with Crippen molar-refractivity contribution in [2.24, 2.45) is 5.11 Å². The van der Waals surface area contributed by atoms with Gasteiger partial charge in [-0.25, -0.2) is 9.97 Å². The van der Waals surface area contributed by atoms with Crippen LogP contribution in [0.15, 0.2) is 126 Å². The van der Waals surface area contributed by atoms with Crippen LogP contribution in [-0.2, 0) is 0 Å². The maximum Gasteiger partial charge on any atom is 0.118 e. The quantitative estimate of drug-likeness (QED) is 0.0848. The Balaban J connectivity index is 1.48. The van der Waals surface area contributed by atoms with Gasteiger partial charge < -0.3 is 28.9 Å². The standard InChI is InChI=1S/C48H37N7O4/c1-56-32-13-5-28(6-14-32)44-36-21-22-37(50-36)45(29-7-15-33(57-2)16-8-29)39-25-26-41(52-39)47(31-11-19-35(59-4)20-12-31)48-43(54-55-49)27-42(53-48)46(40-24-23-38(44)51-40)30-9-17-34(58-3)18-10-30/h5-27,51-52H,1-4H3. The minimum Gasteiger partial charge on any atom is -0.497 e. The minimum atomic E-state index is 0.373. The van der Waals surface area contributed by atoms with Gasteiger partial charge in [0.2, 0.25) is 0 Å². The number of fused-ring (bicyclic) bond motifs is 8. The summed E-state index contributed by atoms with van der Waals surface area (Å²) in [6.07, 6.45) is 5.95. The molecule has 288 valence electrons. The van der Waals surface area contributed by atoms with Crippen molar-refractivity contribution in [3.8, 4) is 67.5 Å². The van der Waals surface area contributed by atoms with Gasteiger partial charge in [-0.15, -0.1) is 0 Å². The summed E-state index contributed by atoms with van der Waals surface area (Å²) in [7, 11) is 6.59. The zero-order chi connectivity index (χ0) is 40.5. The van der Waals surface area contributed by atoms with E-state index < -0.39 is 0 Å². The molecule has 0 atom stereocenters. The van der Waals surface area contributed by atoms with Crippen molar-refractivity contribution in [2.75, 3.05) is 28.4 Å². The fraction of sp³-hybridized carbons (Fsp3) is 0.0833. The largest absolute Gasteiger partial charge is 0.497 e. The lowest BCUT2D eigenvalue weighted by Gasteiger charge is -2.09. The molecule has 0 saturated heterocycles. The Morgan fingerprint density at radius 1 is 0.441 bits per heavy atom. The van der Waals surface area contributed by atoms with E-state index in [0.717, 1.165) is 95.2 Å². The first-order valence-electron chi connectivity index (χ1n) is 18.8. The van der Waals surface area contributed by atoms with Crippen molar-refractivity contribution in [1.29, 1.82) is 0 Å². The zero-order valence-electron chi connectivity index (χ0n) is 32.6. The summed E-state index contributed by atoms with van der Waals surface area (Å²) in [5.74, 6) is 2.92. The molecule has 7 aromatic rings. The Labute approximate surface area is 339 Å². The monoisotopic (exact) mass is 775 g/mol. The molecule has 2 N–H and O–H groups in total. The van der Waals surface area contributed by atoms with E-state index in [1.807, 2.05) is 127 Å². The van der Waals surface area contributed by atoms with Crippen LogP contribution in [0.5, 0.6) is 23.0 Å². The van der Waals surface area contributed by atoms with Crippen molar-refractivity contribution in [3.05, 3.63) is 155 Å². The normalized spacial score (nSPS) is 11.8. The number of azide groups is 1. The summed E-state index contributed by atoms with van der Waals surface area (Å²) in [5.41, 5.74) is 23.1. The molecule has 3 aromatic heterocycles. The lowest BCUT2D eigenvalue weighted by atomic mass is 10.0. The van der Waals surface area contributed by atoms with Crippen LogP contribution in [-0.4, -0.2) is 48.4 Å². The van der Waals surface area contributed by atoms with Gasteiger partial charge >= 0.3 is 0 Å². The maximum atomic E-state index is 9.95. The molecule has 0 radical (unpaired) electrons. The maximum absolute atomic E-state index is 9.95. The number of nitrogens with one attached hydrogen (secondary N) is 2. The summed E-state index contributed by atoms with van der Waals surface area (Å²) < 4.78 is 22.1. The molecule has 0 unspecified atom stereocenters. The van der Waals surface area contributed by atoms with Gasteiger partial charge in [-0.3, -0.25) is 0 Å². The molecule has 0 aliphatic carbocycles. The van der Waals surface area contributed by atoms with Crippen molar-refractivity contribution in [2.45, 2.75) is 0 Å². The second-order valence-electron chi connectivity index (χ2n) is 13.8. The molecule has 5 heterocycles. The van der Waals surface area contributed by atoms with Gasteiger partial charge in [0.15, 0.2) is 0 Å². The van der Waals surface area contributed by atoms with Crippen LogP contribution < -0.4 is 18.9 Å². The van der Waals surface area contributed by atoms with Gasteiger partial charge in [-0.1, -0.05) is 53.6 Å².